The number of carboxylic acid groups (broad SMARTS) is 1. The van der Waals surface area contributed by atoms with Gasteiger partial charge in [0.25, 0.3) is 0 Å². The van der Waals surface area contributed by atoms with Gasteiger partial charge in [-0.1, -0.05) is 311 Å². The number of hydrogen-bond donors (Lipinski definition) is 6. The van der Waals surface area contributed by atoms with Crippen molar-refractivity contribution in [2.45, 2.75) is 475 Å². The zero-order chi connectivity index (χ0) is 75.8. The van der Waals surface area contributed by atoms with Gasteiger partial charge in [0.2, 0.25) is 11.8 Å². The van der Waals surface area contributed by atoms with Crippen molar-refractivity contribution >= 4 is 49.5 Å². The summed E-state index contributed by atoms with van der Waals surface area (Å²) >= 11 is 0. The third kappa shape index (κ3) is 55.4. The molecule has 5 unspecified atom stereocenters. The molecule has 0 radical (unpaired) electrons. The number of nitrogens with one attached hydrogen (secondary N) is 2. The van der Waals surface area contributed by atoms with E-state index in [1.54, 1.807) is 0 Å². The fourth-order valence-electron chi connectivity index (χ4n) is 14.0. The molecule has 604 valence electrons. The quantitative estimate of drug-likeness (QED) is 0.0143. The molecule has 1 aliphatic heterocycles. The standard InChI is InChI=1S/C82H153N2O18P/c1-7-13-19-25-31-34-40-43-49-55-67(97-75(88)58-52-46-37-28-22-16-10-4)63-73(86)83-70(82(92)93)61-62-71-79(84-74(87)64-68(56-50-44-41-35-32-26-20-14-8-2)98-76(89)59-53-47-38-29-23-17-11-5)81(80(72(66-85)100-71)102-103(94,95)96)101-78(91)65-69(57-51-45-42-36-33-27-21-15-9-3)99-77(90)60-54-48-39-30-24-18-12-6/h67-72,79-81,85H,7-66H2,1-6H3,(H,83,86)(H,84,87)(H,92,93)(H2,94,95,96)/t67-,68-,69-,70+,71?,72?,79?,80?,81?/m1/s1. The number of aliphatic hydroxyl groups is 1. The van der Waals surface area contributed by atoms with Crippen molar-refractivity contribution < 1.29 is 86.3 Å². The van der Waals surface area contributed by atoms with E-state index in [0.717, 1.165) is 212 Å². The zero-order valence-electron chi connectivity index (χ0n) is 66.1. The Balaban J connectivity index is 3.85. The molecule has 0 aromatic heterocycles. The number of ether oxygens (including phenoxy) is 5. The van der Waals surface area contributed by atoms with E-state index < -0.39 is 117 Å². The van der Waals surface area contributed by atoms with E-state index in [1.807, 2.05) is 0 Å². The van der Waals surface area contributed by atoms with Crippen LogP contribution in [0.25, 0.3) is 0 Å². The molecule has 6 N–H and O–H groups in total. The summed E-state index contributed by atoms with van der Waals surface area (Å²) in [4.78, 5) is 119. The Labute approximate surface area is 625 Å². The first-order valence-electron chi connectivity index (χ1n) is 42.4. The van der Waals surface area contributed by atoms with Gasteiger partial charge in [0.15, 0.2) is 6.10 Å². The Morgan fingerprint density at radius 1 is 0.379 bits per heavy atom. The van der Waals surface area contributed by atoms with Crippen molar-refractivity contribution in [1.29, 1.82) is 0 Å². The highest BCUT2D eigenvalue weighted by molar-refractivity contribution is 7.46. The zero-order valence-corrected chi connectivity index (χ0v) is 67.0. The van der Waals surface area contributed by atoms with Crippen molar-refractivity contribution in [3.8, 4) is 0 Å². The molecule has 1 aliphatic rings. The minimum absolute atomic E-state index is 0.141. The maximum Gasteiger partial charge on any atom is 0.470 e. The molecule has 1 saturated heterocycles. The van der Waals surface area contributed by atoms with Crippen LogP contribution in [0.1, 0.15) is 420 Å². The SMILES string of the molecule is CCCCCCCCCCC[C@H](CC(=O)NC1C(CC[C@H](NC(=O)C[C@@H](CCCCCCCCCCC)OC(=O)CCCCCCCCC)C(=O)O)OC(CO)C(OP(=O)(O)O)C1OC(=O)C[C@@H](CCCCCCCCCCC)OC(=O)CCCCCCCCC)OC(=O)CCCCCCCCC. The van der Waals surface area contributed by atoms with Gasteiger partial charge in [0.1, 0.15) is 36.6 Å². The Bertz CT molecular complexity index is 2170. The van der Waals surface area contributed by atoms with Gasteiger partial charge in [-0.3, -0.25) is 33.3 Å². The number of rotatable bonds is 73. The molecule has 0 spiro atoms. The number of aliphatic carboxylic acids is 1. The van der Waals surface area contributed by atoms with Gasteiger partial charge in [0, 0.05) is 19.3 Å². The Morgan fingerprint density at radius 3 is 0.990 bits per heavy atom. The van der Waals surface area contributed by atoms with Crippen LogP contribution in [-0.2, 0) is 66.3 Å². The summed E-state index contributed by atoms with van der Waals surface area (Å²) in [7, 11) is -5.52. The van der Waals surface area contributed by atoms with Crippen molar-refractivity contribution in [2.75, 3.05) is 6.61 Å². The van der Waals surface area contributed by atoms with Gasteiger partial charge in [-0.15, -0.1) is 0 Å². The van der Waals surface area contributed by atoms with Gasteiger partial charge in [-0.05, 0) is 70.6 Å². The molecule has 0 aromatic carbocycles. The lowest BCUT2D eigenvalue weighted by Crippen LogP contribution is -2.66. The predicted molar refractivity (Wildman–Crippen MR) is 410 cm³/mol. The molecule has 1 fully saturated rings. The van der Waals surface area contributed by atoms with E-state index in [0.29, 0.717) is 57.8 Å². The van der Waals surface area contributed by atoms with Crippen LogP contribution in [0.4, 0.5) is 0 Å². The van der Waals surface area contributed by atoms with Crippen LogP contribution in [0.15, 0.2) is 0 Å². The van der Waals surface area contributed by atoms with E-state index >= 15 is 0 Å². The first-order valence-corrected chi connectivity index (χ1v) is 44.0. The largest absolute Gasteiger partial charge is 0.480 e. The van der Waals surface area contributed by atoms with Gasteiger partial charge < -0.3 is 54.3 Å². The average molecular weight is 1490 g/mol. The first kappa shape index (κ1) is 97.3. The van der Waals surface area contributed by atoms with E-state index in [-0.39, 0.29) is 44.9 Å². The second-order valence-corrected chi connectivity index (χ2v) is 31.1. The summed E-state index contributed by atoms with van der Waals surface area (Å²) in [5.41, 5.74) is 0. The number of carbonyl (C=O) groups excluding carboxylic acids is 6. The molecular weight excluding hydrogens is 1330 g/mol. The number of aliphatic hydroxyl groups excluding tert-OH is 1. The second kappa shape index (κ2) is 66.5. The van der Waals surface area contributed by atoms with Gasteiger partial charge >= 0.3 is 37.7 Å². The molecule has 1 heterocycles. The Morgan fingerprint density at radius 2 is 0.680 bits per heavy atom. The number of phosphoric ester groups is 1. The number of esters is 4. The number of unbranched alkanes of at least 4 members (excludes halogenated alkanes) is 42. The summed E-state index contributed by atoms with van der Waals surface area (Å²) in [6.45, 7) is 12.1. The Kier molecular flexibility index (Phi) is 62.9. The molecular formula is C82H153N2O18P. The Hall–Kier alpha value is -3.68. The second-order valence-electron chi connectivity index (χ2n) is 30.0. The topological polar surface area (TPSA) is 297 Å². The van der Waals surface area contributed by atoms with Crippen molar-refractivity contribution in [3.63, 3.8) is 0 Å². The van der Waals surface area contributed by atoms with Gasteiger partial charge in [0.05, 0.1) is 38.0 Å². The van der Waals surface area contributed by atoms with Crippen LogP contribution in [0, 0.1) is 0 Å². The highest BCUT2D eigenvalue weighted by Crippen LogP contribution is 2.43. The minimum atomic E-state index is -5.52. The summed E-state index contributed by atoms with van der Waals surface area (Å²) in [6.07, 6.45) is 39.2. The van der Waals surface area contributed by atoms with Crippen LogP contribution in [0.3, 0.4) is 0 Å². The van der Waals surface area contributed by atoms with Crippen LogP contribution < -0.4 is 10.6 Å². The van der Waals surface area contributed by atoms with E-state index in [9.17, 15) is 58.1 Å². The van der Waals surface area contributed by atoms with Crippen molar-refractivity contribution in [2.24, 2.45) is 0 Å². The van der Waals surface area contributed by atoms with E-state index in [2.05, 4.69) is 52.2 Å². The summed E-state index contributed by atoms with van der Waals surface area (Å²) in [5.74, 6) is -5.13. The number of carbonyl (C=O) groups is 7. The van der Waals surface area contributed by atoms with Crippen molar-refractivity contribution in [1.82, 2.24) is 10.6 Å². The van der Waals surface area contributed by atoms with Crippen LogP contribution >= 0.6 is 7.82 Å². The minimum Gasteiger partial charge on any atom is -0.480 e. The number of carboxylic acids is 1. The fourth-order valence-corrected chi connectivity index (χ4v) is 14.5. The lowest BCUT2D eigenvalue weighted by Gasteiger charge is -2.46. The molecule has 1 rings (SSSR count). The molecule has 21 heteroatoms. The number of amides is 2. The van der Waals surface area contributed by atoms with Crippen LogP contribution in [0.5, 0.6) is 0 Å². The van der Waals surface area contributed by atoms with Crippen molar-refractivity contribution in [3.05, 3.63) is 0 Å². The molecule has 0 aromatic rings. The highest BCUT2D eigenvalue weighted by Gasteiger charge is 2.52. The van der Waals surface area contributed by atoms with Crippen LogP contribution in [-0.4, -0.2) is 123 Å². The molecule has 0 bridgehead atoms. The number of phosphoric acid groups is 1. The third-order valence-corrected chi connectivity index (χ3v) is 20.7. The summed E-state index contributed by atoms with van der Waals surface area (Å²) in [6, 6.07) is -3.15. The molecule has 0 aliphatic carbocycles. The van der Waals surface area contributed by atoms with Gasteiger partial charge in [-0.2, -0.15) is 0 Å². The van der Waals surface area contributed by atoms with E-state index in [1.165, 1.54) is 57.8 Å². The smallest absolute Gasteiger partial charge is 0.470 e. The lowest BCUT2D eigenvalue weighted by atomic mass is 9.89. The number of hydrogen-bond acceptors (Lipinski definition) is 15. The maximum absolute atomic E-state index is 14.9. The monoisotopic (exact) mass is 1490 g/mol. The predicted octanol–water partition coefficient (Wildman–Crippen LogP) is 20.1. The molecule has 103 heavy (non-hydrogen) atoms. The summed E-state index contributed by atoms with van der Waals surface area (Å²) < 4.78 is 49.1. The third-order valence-electron chi connectivity index (χ3n) is 20.2. The lowest BCUT2D eigenvalue weighted by molar-refractivity contribution is -0.210. The van der Waals surface area contributed by atoms with Crippen LogP contribution in [0.2, 0.25) is 0 Å². The fraction of sp³-hybridized carbons (Fsp3) is 0.915. The normalized spacial score (nSPS) is 17.3. The van der Waals surface area contributed by atoms with E-state index in [4.69, 9.17) is 28.2 Å². The molecule has 9 atom stereocenters. The molecule has 0 saturated carbocycles. The average Bonchev–Trinajstić information content (AvgIpc) is 0.780. The highest BCUT2D eigenvalue weighted by atomic mass is 31.2. The molecule has 20 nitrogen and oxygen atoms in total. The van der Waals surface area contributed by atoms with Gasteiger partial charge in [-0.25, -0.2) is 9.36 Å². The molecule has 2 amide bonds. The first-order chi connectivity index (χ1) is 49.8. The maximum atomic E-state index is 14.9. The summed E-state index contributed by atoms with van der Waals surface area (Å²) in [5, 5.41) is 27.3.